The first kappa shape index (κ1) is 22.7. The Morgan fingerprint density at radius 3 is 2.69 bits per heavy atom. The summed E-state index contributed by atoms with van der Waals surface area (Å²) in [6.45, 7) is 8.74. The number of nitrogens with zero attached hydrogens (tertiary/aromatic N) is 4. The number of piperidine rings is 1. The molecule has 9 heteroatoms. The molecule has 1 aromatic rings. The number of likely N-dealkylation sites (tertiary alicyclic amines) is 1. The lowest BCUT2D eigenvalue weighted by molar-refractivity contribution is -0.122. The molecule has 1 amide bonds. The number of guanidine groups is 1. The third kappa shape index (κ3) is 7.90. The van der Waals surface area contributed by atoms with E-state index in [9.17, 15) is 4.79 Å². The maximum absolute atomic E-state index is 11.5. The second-order valence-electron chi connectivity index (χ2n) is 6.41. The first-order chi connectivity index (χ1) is 12.1. The Labute approximate surface area is 173 Å². The fourth-order valence-electron chi connectivity index (χ4n) is 2.88. The molecule has 1 aromatic heterocycles. The van der Waals surface area contributed by atoms with Gasteiger partial charge in [-0.2, -0.15) is 5.10 Å². The minimum Gasteiger partial charge on any atom is -0.358 e. The van der Waals surface area contributed by atoms with Crippen molar-refractivity contribution < 1.29 is 4.79 Å². The summed E-state index contributed by atoms with van der Waals surface area (Å²) in [5.41, 5.74) is 1.16. The summed E-state index contributed by atoms with van der Waals surface area (Å²) in [7, 11) is 1.68. The lowest BCUT2D eigenvalue weighted by Gasteiger charge is -2.32. The Bertz CT molecular complexity index is 567. The molecule has 2 heterocycles. The normalized spacial score (nSPS) is 16.0. The number of carbonyl (C=O) groups is 1. The molecule has 8 nitrogen and oxygen atoms in total. The highest BCUT2D eigenvalue weighted by molar-refractivity contribution is 14.0. The number of aliphatic imine (C=N–C) groups is 1. The highest BCUT2D eigenvalue weighted by Gasteiger charge is 2.21. The summed E-state index contributed by atoms with van der Waals surface area (Å²) < 4.78 is 1.92. The van der Waals surface area contributed by atoms with Crippen LogP contribution in [0.15, 0.2) is 17.4 Å². The Morgan fingerprint density at radius 2 is 2.12 bits per heavy atom. The molecule has 0 saturated carbocycles. The second-order valence-corrected chi connectivity index (χ2v) is 6.41. The predicted molar refractivity (Wildman–Crippen MR) is 115 cm³/mol. The first-order valence-electron chi connectivity index (χ1n) is 9.07. The molecule has 148 valence electrons. The number of carbonyl (C=O) groups excluding carboxylic acids is 1. The molecule has 1 saturated heterocycles. The highest BCUT2D eigenvalue weighted by atomic mass is 127. The number of nitrogens with one attached hydrogen (secondary N) is 3. The van der Waals surface area contributed by atoms with Crippen molar-refractivity contribution >= 4 is 35.8 Å². The van der Waals surface area contributed by atoms with E-state index in [1.54, 1.807) is 7.05 Å². The lowest BCUT2D eigenvalue weighted by Crippen LogP contribution is -2.50. The molecule has 0 radical (unpaired) electrons. The van der Waals surface area contributed by atoms with Crippen LogP contribution in [0.4, 0.5) is 0 Å². The SMILES string of the molecule is CCNC(=NCCn1cc(C)cn1)NC1CCN(CC(=O)NC)CC1.I. The Hall–Kier alpha value is -1.36. The summed E-state index contributed by atoms with van der Waals surface area (Å²) in [4.78, 5) is 18.3. The van der Waals surface area contributed by atoms with Crippen LogP contribution >= 0.6 is 24.0 Å². The topological polar surface area (TPSA) is 86.6 Å². The Balaban J connectivity index is 0.00000338. The minimum atomic E-state index is 0. The highest BCUT2D eigenvalue weighted by Crippen LogP contribution is 2.09. The van der Waals surface area contributed by atoms with Crippen LogP contribution < -0.4 is 16.0 Å². The van der Waals surface area contributed by atoms with Gasteiger partial charge in [0.1, 0.15) is 0 Å². The van der Waals surface area contributed by atoms with Crippen molar-refractivity contribution in [3.05, 3.63) is 18.0 Å². The van der Waals surface area contributed by atoms with E-state index in [1.807, 2.05) is 24.0 Å². The zero-order valence-corrected chi connectivity index (χ0v) is 18.3. The Morgan fingerprint density at radius 1 is 1.38 bits per heavy atom. The standard InChI is InChI=1S/C17H31N7O.HI/c1-4-19-17(20-7-10-24-12-14(2)11-21-24)22-15-5-8-23(9-6-15)13-16(25)18-3;/h11-12,15H,4-10,13H2,1-3H3,(H,18,25)(H2,19,20,22);1H. The molecule has 0 aliphatic carbocycles. The van der Waals surface area contributed by atoms with E-state index in [0.29, 0.717) is 19.1 Å². The van der Waals surface area contributed by atoms with Crippen molar-refractivity contribution in [3.63, 3.8) is 0 Å². The van der Waals surface area contributed by atoms with Gasteiger partial charge in [-0.05, 0) is 32.3 Å². The molecule has 1 aliphatic heterocycles. The number of rotatable bonds is 7. The van der Waals surface area contributed by atoms with E-state index in [2.05, 4.69) is 37.9 Å². The van der Waals surface area contributed by atoms with Gasteiger partial charge in [0.05, 0.1) is 25.8 Å². The lowest BCUT2D eigenvalue weighted by atomic mass is 10.1. The van der Waals surface area contributed by atoms with Crippen molar-refractivity contribution in [1.29, 1.82) is 0 Å². The summed E-state index contributed by atoms with van der Waals surface area (Å²) in [5.74, 6) is 0.936. The third-order valence-corrected chi connectivity index (χ3v) is 4.28. The maximum atomic E-state index is 11.5. The molecule has 26 heavy (non-hydrogen) atoms. The molecule has 0 bridgehead atoms. The molecular weight excluding hydrogens is 445 g/mol. The summed E-state index contributed by atoms with van der Waals surface area (Å²) in [5, 5.41) is 13.8. The van der Waals surface area contributed by atoms with E-state index in [0.717, 1.165) is 50.5 Å². The number of aromatic nitrogens is 2. The van der Waals surface area contributed by atoms with Crippen LogP contribution in [0.2, 0.25) is 0 Å². The largest absolute Gasteiger partial charge is 0.358 e. The van der Waals surface area contributed by atoms with Gasteiger partial charge in [0.2, 0.25) is 5.91 Å². The van der Waals surface area contributed by atoms with Crippen LogP contribution in [0.25, 0.3) is 0 Å². The smallest absolute Gasteiger partial charge is 0.233 e. The van der Waals surface area contributed by atoms with E-state index < -0.39 is 0 Å². The molecule has 3 N–H and O–H groups in total. The van der Waals surface area contributed by atoms with Crippen LogP contribution in [-0.4, -0.2) is 72.4 Å². The molecule has 0 unspecified atom stereocenters. The zero-order chi connectivity index (χ0) is 18.1. The van der Waals surface area contributed by atoms with E-state index >= 15 is 0 Å². The van der Waals surface area contributed by atoms with Crippen LogP contribution in [0, 0.1) is 6.92 Å². The fourth-order valence-corrected chi connectivity index (χ4v) is 2.88. The van der Waals surface area contributed by atoms with Gasteiger partial charge in [0, 0.05) is 38.9 Å². The van der Waals surface area contributed by atoms with E-state index in [4.69, 9.17) is 0 Å². The van der Waals surface area contributed by atoms with Gasteiger partial charge in [-0.25, -0.2) is 0 Å². The number of amides is 1. The summed E-state index contributed by atoms with van der Waals surface area (Å²) >= 11 is 0. The minimum absolute atomic E-state index is 0. The fraction of sp³-hybridized carbons (Fsp3) is 0.706. The van der Waals surface area contributed by atoms with Crippen molar-refractivity contribution in [2.45, 2.75) is 39.3 Å². The average molecular weight is 477 g/mol. The van der Waals surface area contributed by atoms with Gasteiger partial charge in [-0.15, -0.1) is 24.0 Å². The number of hydrogen-bond donors (Lipinski definition) is 3. The molecular formula is C17H32IN7O. The quantitative estimate of drug-likeness (QED) is 0.304. The van der Waals surface area contributed by atoms with Gasteiger partial charge in [-0.1, -0.05) is 0 Å². The average Bonchev–Trinajstić information content (AvgIpc) is 3.02. The summed E-state index contributed by atoms with van der Waals surface area (Å²) in [6, 6.07) is 0.394. The van der Waals surface area contributed by atoms with Crippen LogP contribution in [0.5, 0.6) is 0 Å². The number of hydrogen-bond acceptors (Lipinski definition) is 4. The van der Waals surface area contributed by atoms with Gasteiger partial charge in [0.25, 0.3) is 0 Å². The number of halogens is 1. The van der Waals surface area contributed by atoms with Crippen molar-refractivity contribution in [2.24, 2.45) is 4.99 Å². The monoisotopic (exact) mass is 477 g/mol. The van der Waals surface area contributed by atoms with Gasteiger partial charge in [0.15, 0.2) is 5.96 Å². The number of aryl methyl sites for hydroxylation is 1. The van der Waals surface area contributed by atoms with Crippen molar-refractivity contribution in [2.75, 3.05) is 39.8 Å². The molecule has 0 spiro atoms. The molecule has 1 aliphatic rings. The van der Waals surface area contributed by atoms with Gasteiger partial charge >= 0.3 is 0 Å². The Kier molecular flexibility index (Phi) is 10.6. The van der Waals surface area contributed by atoms with Crippen molar-refractivity contribution in [3.8, 4) is 0 Å². The van der Waals surface area contributed by atoms with Gasteiger partial charge in [-0.3, -0.25) is 19.4 Å². The van der Waals surface area contributed by atoms with Crippen LogP contribution in [0.1, 0.15) is 25.3 Å². The second kappa shape index (κ2) is 12.1. The molecule has 0 atom stereocenters. The molecule has 1 fully saturated rings. The van der Waals surface area contributed by atoms with E-state index in [1.165, 1.54) is 0 Å². The van der Waals surface area contributed by atoms with Crippen LogP contribution in [0.3, 0.4) is 0 Å². The van der Waals surface area contributed by atoms with E-state index in [-0.39, 0.29) is 29.9 Å². The first-order valence-corrected chi connectivity index (χ1v) is 9.07. The predicted octanol–water partition coefficient (Wildman–Crippen LogP) is 0.575. The van der Waals surface area contributed by atoms with Crippen molar-refractivity contribution in [1.82, 2.24) is 30.6 Å². The molecule has 0 aromatic carbocycles. The number of likely N-dealkylation sites (N-methyl/N-ethyl adjacent to an activating group) is 1. The molecule has 2 rings (SSSR count). The summed E-state index contributed by atoms with van der Waals surface area (Å²) in [6.07, 6.45) is 5.91. The van der Waals surface area contributed by atoms with Crippen LogP contribution in [-0.2, 0) is 11.3 Å². The third-order valence-electron chi connectivity index (χ3n) is 4.28. The maximum Gasteiger partial charge on any atom is 0.233 e. The van der Waals surface area contributed by atoms with Gasteiger partial charge < -0.3 is 16.0 Å². The zero-order valence-electron chi connectivity index (χ0n) is 16.0.